The molecule has 0 bridgehead atoms. The molecule has 0 radical (unpaired) electrons. The molecule has 0 saturated heterocycles. The predicted molar refractivity (Wildman–Crippen MR) is 70.6 cm³/mol. The Labute approximate surface area is 109 Å². The summed E-state index contributed by atoms with van der Waals surface area (Å²) in [6.07, 6.45) is 1.91. The van der Waals surface area contributed by atoms with Gasteiger partial charge in [-0.15, -0.1) is 0 Å². The van der Waals surface area contributed by atoms with Gasteiger partial charge in [0.2, 0.25) is 0 Å². The Hall–Kier alpha value is -0.220. The number of hydrogen-bond donors (Lipinski definition) is 2. The van der Waals surface area contributed by atoms with Crippen LogP contribution in [0.4, 0.5) is 0 Å². The van der Waals surface area contributed by atoms with Crippen LogP contribution < -0.4 is 0 Å². The largest absolute Gasteiger partial charge is 0.380 e. The van der Waals surface area contributed by atoms with Gasteiger partial charge in [0.05, 0.1) is 6.61 Å². The molecular formula is C12H25O5P. The summed E-state index contributed by atoms with van der Waals surface area (Å²) in [4.78, 5) is 30.7. The molecule has 0 aromatic rings. The number of carbonyl (C=O) groups excluding carboxylic acids is 1. The van der Waals surface area contributed by atoms with Crippen LogP contribution >= 0.6 is 7.60 Å². The highest BCUT2D eigenvalue weighted by Gasteiger charge is 2.50. The van der Waals surface area contributed by atoms with Crippen LogP contribution in [0.15, 0.2) is 0 Å². The number of ether oxygens (including phenoxy) is 1. The van der Waals surface area contributed by atoms with Gasteiger partial charge >= 0.3 is 7.60 Å². The Balaban J connectivity index is 4.70. The van der Waals surface area contributed by atoms with Gasteiger partial charge in [0.15, 0.2) is 5.78 Å². The van der Waals surface area contributed by atoms with Crippen LogP contribution in [-0.4, -0.2) is 33.9 Å². The third kappa shape index (κ3) is 4.47. The molecule has 18 heavy (non-hydrogen) atoms. The molecule has 0 unspecified atom stereocenters. The number of ketones is 1. The maximum absolute atomic E-state index is 12.2. The minimum absolute atomic E-state index is 0.176. The van der Waals surface area contributed by atoms with Crippen molar-refractivity contribution in [2.75, 3.05) is 13.2 Å². The lowest BCUT2D eigenvalue weighted by molar-refractivity contribution is -0.132. The first-order valence-corrected chi connectivity index (χ1v) is 7.76. The summed E-state index contributed by atoms with van der Waals surface area (Å²) in [5, 5.41) is -1.68. The number of hydrogen-bond acceptors (Lipinski definition) is 3. The first kappa shape index (κ1) is 17.8. The molecule has 108 valence electrons. The normalized spacial score (nSPS) is 13.7. The van der Waals surface area contributed by atoms with Crippen molar-refractivity contribution in [2.45, 2.75) is 52.6 Å². The van der Waals surface area contributed by atoms with Crippen LogP contribution in [-0.2, 0) is 14.1 Å². The molecule has 0 aromatic carbocycles. The molecule has 0 heterocycles. The summed E-state index contributed by atoms with van der Waals surface area (Å²) in [7, 11) is -4.47. The summed E-state index contributed by atoms with van der Waals surface area (Å²) in [5.74, 6) is -0.472. The Morgan fingerprint density at radius 3 is 2.11 bits per heavy atom. The minimum atomic E-state index is -4.47. The van der Waals surface area contributed by atoms with E-state index in [4.69, 9.17) is 4.74 Å². The van der Waals surface area contributed by atoms with Gasteiger partial charge in [0.1, 0.15) is 5.16 Å². The second-order valence-corrected chi connectivity index (χ2v) is 7.93. The molecule has 0 aliphatic carbocycles. The zero-order valence-electron chi connectivity index (χ0n) is 11.9. The Bertz CT molecular complexity index is 329. The fourth-order valence-electron chi connectivity index (χ4n) is 1.60. The van der Waals surface area contributed by atoms with E-state index in [0.29, 0.717) is 6.61 Å². The Morgan fingerprint density at radius 2 is 1.72 bits per heavy atom. The van der Waals surface area contributed by atoms with Gasteiger partial charge in [-0.3, -0.25) is 9.36 Å². The molecule has 0 fully saturated rings. The smallest absolute Gasteiger partial charge is 0.338 e. The Kier molecular flexibility index (Phi) is 6.21. The highest BCUT2D eigenvalue weighted by atomic mass is 31.2. The van der Waals surface area contributed by atoms with Crippen molar-refractivity contribution in [1.82, 2.24) is 0 Å². The summed E-state index contributed by atoms with van der Waals surface area (Å²) >= 11 is 0. The van der Waals surface area contributed by atoms with Gasteiger partial charge in [-0.1, -0.05) is 27.2 Å². The highest BCUT2D eigenvalue weighted by Crippen LogP contribution is 2.52. The zero-order valence-corrected chi connectivity index (χ0v) is 12.8. The standard InChI is InChI=1S/C12H25O5P/c1-6-7-8-17-9-11(2,3)10(13)12(4,5)18(14,15)16/h6-9H2,1-5H3,(H2,14,15,16). The molecule has 0 amide bonds. The van der Waals surface area contributed by atoms with Gasteiger partial charge in [-0.2, -0.15) is 0 Å². The molecule has 0 aliphatic heterocycles. The molecule has 2 N–H and O–H groups in total. The predicted octanol–water partition coefficient (Wildman–Crippen LogP) is 2.35. The molecule has 0 spiro atoms. The van der Waals surface area contributed by atoms with E-state index in [1.165, 1.54) is 13.8 Å². The number of rotatable bonds is 8. The first-order valence-electron chi connectivity index (χ1n) is 6.15. The van der Waals surface area contributed by atoms with Crippen LogP contribution in [0.2, 0.25) is 0 Å². The quantitative estimate of drug-likeness (QED) is 0.526. The number of Topliss-reactive ketones (excluding diaryl/α,β-unsaturated/α-hetero) is 1. The third-order valence-corrected chi connectivity index (χ3v) is 4.66. The molecule has 5 nitrogen and oxygen atoms in total. The molecule has 0 atom stereocenters. The lowest BCUT2D eigenvalue weighted by Crippen LogP contribution is -2.44. The van der Waals surface area contributed by atoms with E-state index in [-0.39, 0.29) is 6.61 Å². The van der Waals surface area contributed by atoms with Gasteiger partial charge in [0, 0.05) is 12.0 Å². The maximum atomic E-state index is 12.2. The monoisotopic (exact) mass is 280 g/mol. The highest BCUT2D eigenvalue weighted by molar-refractivity contribution is 7.54. The lowest BCUT2D eigenvalue weighted by Gasteiger charge is -2.33. The van der Waals surface area contributed by atoms with E-state index in [9.17, 15) is 19.1 Å². The van der Waals surface area contributed by atoms with Crippen molar-refractivity contribution in [1.29, 1.82) is 0 Å². The maximum Gasteiger partial charge on any atom is 0.338 e. The average molecular weight is 280 g/mol. The van der Waals surface area contributed by atoms with Crippen molar-refractivity contribution >= 4 is 13.4 Å². The summed E-state index contributed by atoms with van der Waals surface area (Å²) in [6.45, 7) is 8.64. The van der Waals surface area contributed by atoms with E-state index in [1.54, 1.807) is 13.8 Å². The summed E-state index contributed by atoms with van der Waals surface area (Å²) < 4.78 is 16.7. The van der Waals surface area contributed by atoms with Crippen molar-refractivity contribution in [2.24, 2.45) is 5.41 Å². The molecular weight excluding hydrogens is 255 g/mol. The first-order chi connectivity index (χ1) is 7.97. The van der Waals surface area contributed by atoms with Crippen LogP contribution in [0.1, 0.15) is 47.5 Å². The van der Waals surface area contributed by atoms with E-state index < -0.39 is 24.0 Å². The van der Waals surface area contributed by atoms with Crippen molar-refractivity contribution < 1.29 is 23.9 Å². The third-order valence-electron chi connectivity index (χ3n) is 3.00. The lowest BCUT2D eigenvalue weighted by atomic mass is 9.83. The molecule has 0 aromatic heterocycles. The van der Waals surface area contributed by atoms with E-state index in [0.717, 1.165) is 12.8 Å². The van der Waals surface area contributed by atoms with Gasteiger partial charge < -0.3 is 14.5 Å². The number of unbranched alkanes of at least 4 members (excludes halogenated alkanes) is 1. The fourth-order valence-corrected chi connectivity index (χ4v) is 2.17. The van der Waals surface area contributed by atoms with Crippen LogP contribution in [0.25, 0.3) is 0 Å². The molecule has 0 aliphatic rings. The summed E-state index contributed by atoms with van der Waals surface area (Å²) in [5.41, 5.74) is -0.904. The topological polar surface area (TPSA) is 83.8 Å². The second-order valence-electron chi connectivity index (χ2n) is 5.72. The molecule has 6 heteroatoms. The van der Waals surface area contributed by atoms with Gasteiger partial charge in [0.25, 0.3) is 0 Å². The van der Waals surface area contributed by atoms with Crippen LogP contribution in [0.3, 0.4) is 0 Å². The van der Waals surface area contributed by atoms with Crippen molar-refractivity contribution in [3.8, 4) is 0 Å². The van der Waals surface area contributed by atoms with E-state index in [1.807, 2.05) is 6.92 Å². The molecule has 0 saturated carbocycles. The zero-order chi connectivity index (χ0) is 14.6. The summed E-state index contributed by atoms with van der Waals surface area (Å²) in [6, 6.07) is 0. The van der Waals surface area contributed by atoms with Gasteiger partial charge in [-0.05, 0) is 20.3 Å². The molecule has 0 rings (SSSR count). The average Bonchev–Trinajstić information content (AvgIpc) is 2.21. The SMILES string of the molecule is CCCCOCC(C)(C)C(=O)C(C)(C)P(=O)(O)O. The van der Waals surface area contributed by atoms with E-state index in [2.05, 4.69) is 0 Å². The minimum Gasteiger partial charge on any atom is -0.380 e. The fraction of sp³-hybridized carbons (Fsp3) is 0.917. The van der Waals surface area contributed by atoms with Crippen LogP contribution in [0.5, 0.6) is 0 Å². The Morgan fingerprint density at radius 1 is 1.22 bits per heavy atom. The number of carbonyl (C=O) groups is 1. The van der Waals surface area contributed by atoms with Gasteiger partial charge in [-0.25, -0.2) is 0 Å². The second kappa shape index (κ2) is 6.29. The van der Waals surface area contributed by atoms with Crippen molar-refractivity contribution in [3.63, 3.8) is 0 Å². The van der Waals surface area contributed by atoms with E-state index >= 15 is 0 Å². The van der Waals surface area contributed by atoms with Crippen LogP contribution in [0, 0.1) is 5.41 Å². The van der Waals surface area contributed by atoms with Crippen molar-refractivity contribution in [3.05, 3.63) is 0 Å².